The van der Waals surface area contributed by atoms with E-state index < -0.39 is 5.92 Å². The van der Waals surface area contributed by atoms with E-state index >= 15 is 0 Å². The molecule has 0 radical (unpaired) electrons. The number of aromatic nitrogens is 1. The monoisotopic (exact) mass is 343 g/mol. The van der Waals surface area contributed by atoms with Crippen molar-refractivity contribution >= 4 is 34.9 Å². The Morgan fingerprint density at radius 3 is 2.79 bits per heavy atom. The van der Waals surface area contributed by atoms with E-state index in [1.165, 1.54) is 6.20 Å². The van der Waals surface area contributed by atoms with Gasteiger partial charge in [0.25, 0.3) is 0 Å². The van der Waals surface area contributed by atoms with Crippen molar-refractivity contribution in [3.63, 3.8) is 0 Å². The minimum absolute atomic E-state index is 0.0343. The second-order valence-electron chi connectivity index (χ2n) is 5.98. The molecule has 0 aliphatic carbocycles. The van der Waals surface area contributed by atoms with E-state index in [9.17, 15) is 9.59 Å². The molecule has 1 aromatic heterocycles. The molecule has 1 fully saturated rings. The lowest BCUT2D eigenvalue weighted by Gasteiger charge is -2.20. The summed E-state index contributed by atoms with van der Waals surface area (Å²) in [7, 11) is 0. The van der Waals surface area contributed by atoms with Gasteiger partial charge in [-0.1, -0.05) is 23.7 Å². The number of amides is 2. The maximum atomic E-state index is 12.4. The number of carbonyl (C=O) groups excluding carboxylic acids is 2. The molecule has 0 spiro atoms. The quantitative estimate of drug-likeness (QED) is 0.929. The Hall–Kier alpha value is -2.40. The molecule has 1 aliphatic rings. The number of nitrogens with one attached hydrogen (secondary N) is 1. The van der Waals surface area contributed by atoms with Gasteiger partial charge < -0.3 is 10.2 Å². The molecule has 2 amide bonds. The molecule has 24 heavy (non-hydrogen) atoms. The van der Waals surface area contributed by atoms with Crippen LogP contribution in [0.15, 0.2) is 36.5 Å². The Morgan fingerprint density at radius 2 is 2.08 bits per heavy atom. The highest BCUT2D eigenvalue weighted by Gasteiger charge is 2.35. The van der Waals surface area contributed by atoms with Crippen LogP contribution < -0.4 is 10.2 Å². The molecule has 124 valence electrons. The molecule has 1 N–H and O–H groups in total. The Balaban J connectivity index is 1.73. The minimum atomic E-state index is -0.394. The summed E-state index contributed by atoms with van der Waals surface area (Å²) in [4.78, 5) is 30.5. The van der Waals surface area contributed by atoms with Crippen molar-refractivity contribution in [2.45, 2.75) is 20.3 Å². The second kappa shape index (κ2) is 6.61. The normalized spacial score (nSPS) is 17.2. The summed E-state index contributed by atoms with van der Waals surface area (Å²) in [6.07, 6.45) is 1.67. The molecule has 1 aliphatic heterocycles. The van der Waals surface area contributed by atoms with Crippen LogP contribution in [0.4, 0.5) is 11.5 Å². The van der Waals surface area contributed by atoms with Crippen LogP contribution >= 0.6 is 11.6 Å². The molecule has 3 rings (SSSR count). The third kappa shape index (κ3) is 3.26. The van der Waals surface area contributed by atoms with Crippen LogP contribution in [0, 0.1) is 19.8 Å². The van der Waals surface area contributed by atoms with Gasteiger partial charge in [-0.2, -0.15) is 0 Å². The molecule has 0 saturated carbocycles. The summed E-state index contributed by atoms with van der Waals surface area (Å²) in [5.74, 6) is -0.198. The van der Waals surface area contributed by atoms with E-state index in [0.717, 1.165) is 16.8 Å². The first-order valence-corrected chi connectivity index (χ1v) is 8.12. The van der Waals surface area contributed by atoms with Crippen LogP contribution in [0.1, 0.15) is 17.5 Å². The maximum Gasteiger partial charge on any atom is 0.230 e. The van der Waals surface area contributed by atoms with E-state index in [0.29, 0.717) is 17.4 Å². The highest BCUT2D eigenvalue weighted by Crippen LogP contribution is 2.29. The average Bonchev–Trinajstić information content (AvgIpc) is 2.94. The summed E-state index contributed by atoms with van der Waals surface area (Å²) in [6, 6.07) is 9.15. The predicted molar refractivity (Wildman–Crippen MR) is 94.3 cm³/mol. The molecule has 1 atom stereocenters. The Labute approximate surface area is 145 Å². The fraction of sp³-hybridized carbons (Fsp3) is 0.278. The van der Waals surface area contributed by atoms with Crippen LogP contribution in [-0.4, -0.2) is 23.3 Å². The summed E-state index contributed by atoms with van der Waals surface area (Å²) in [5.41, 5.74) is 3.06. The van der Waals surface area contributed by atoms with Gasteiger partial charge in [0.15, 0.2) is 0 Å². The lowest BCUT2D eigenvalue weighted by molar-refractivity contribution is -0.122. The molecule has 2 heterocycles. The van der Waals surface area contributed by atoms with Crippen LogP contribution in [-0.2, 0) is 9.59 Å². The summed E-state index contributed by atoms with van der Waals surface area (Å²) >= 11 is 5.78. The number of anilines is 2. The highest BCUT2D eigenvalue weighted by molar-refractivity contribution is 6.30. The zero-order valence-electron chi connectivity index (χ0n) is 13.5. The number of carbonyl (C=O) groups is 2. The van der Waals surface area contributed by atoms with E-state index in [1.807, 2.05) is 32.0 Å². The number of rotatable bonds is 3. The predicted octanol–water partition coefficient (Wildman–Crippen LogP) is 3.34. The van der Waals surface area contributed by atoms with Crippen molar-refractivity contribution in [3.05, 3.63) is 52.7 Å². The second-order valence-corrected chi connectivity index (χ2v) is 6.41. The van der Waals surface area contributed by atoms with E-state index in [-0.39, 0.29) is 18.2 Å². The van der Waals surface area contributed by atoms with Crippen molar-refractivity contribution in [3.8, 4) is 0 Å². The van der Waals surface area contributed by atoms with Gasteiger partial charge in [-0.05, 0) is 43.2 Å². The molecular formula is C18H18ClN3O2. The zero-order valence-corrected chi connectivity index (χ0v) is 14.3. The van der Waals surface area contributed by atoms with Crippen molar-refractivity contribution in [2.75, 3.05) is 16.8 Å². The van der Waals surface area contributed by atoms with Crippen LogP contribution in [0.3, 0.4) is 0 Å². The van der Waals surface area contributed by atoms with E-state index in [2.05, 4.69) is 10.3 Å². The minimum Gasteiger partial charge on any atom is -0.311 e. The molecule has 2 aromatic rings. The SMILES string of the molecule is Cc1cccc(N2C[C@H](C(=O)Nc3ccc(Cl)cn3)CC2=O)c1C. The molecular weight excluding hydrogens is 326 g/mol. The van der Waals surface area contributed by atoms with Crippen LogP contribution in [0.2, 0.25) is 5.02 Å². The highest BCUT2D eigenvalue weighted by atomic mass is 35.5. The smallest absolute Gasteiger partial charge is 0.230 e. The van der Waals surface area contributed by atoms with Gasteiger partial charge in [-0.25, -0.2) is 4.98 Å². The van der Waals surface area contributed by atoms with Crippen molar-refractivity contribution in [1.29, 1.82) is 0 Å². The van der Waals surface area contributed by atoms with Gasteiger partial charge in [0.1, 0.15) is 5.82 Å². The summed E-state index contributed by atoms with van der Waals surface area (Å²) in [6.45, 7) is 4.38. The fourth-order valence-electron chi connectivity index (χ4n) is 2.82. The van der Waals surface area contributed by atoms with Gasteiger partial charge in [0.05, 0.1) is 10.9 Å². The van der Waals surface area contributed by atoms with Crippen LogP contribution in [0.5, 0.6) is 0 Å². The Kier molecular flexibility index (Phi) is 4.53. The standard InChI is InChI=1S/C18H18ClN3O2/c1-11-4-3-5-15(12(11)2)22-10-13(8-17(22)23)18(24)21-16-7-6-14(19)9-20-16/h3-7,9,13H,8,10H2,1-2H3,(H,20,21,24)/t13-/m1/s1. The van der Waals surface area contributed by atoms with Crippen molar-refractivity contribution < 1.29 is 9.59 Å². The summed E-state index contributed by atoms with van der Waals surface area (Å²) < 4.78 is 0. The first-order valence-electron chi connectivity index (χ1n) is 7.74. The fourth-order valence-corrected chi connectivity index (χ4v) is 2.93. The van der Waals surface area contributed by atoms with E-state index in [4.69, 9.17) is 11.6 Å². The third-order valence-corrected chi connectivity index (χ3v) is 4.56. The summed E-state index contributed by atoms with van der Waals surface area (Å²) in [5, 5.41) is 3.25. The number of benzene rings is 1. The largest absolute Gasteiger partial charge is 0.311 e. The number of nitrogens with zero attached hydrogens (tertiary/aromatic N) is 2. The molecule has 1 saturated heterocycles. The average molecular weight is 344 g/mol. The van der Waals surface area contributed by atoms with Crippen molar-refractivity contribution in [1.82, 2.24) is 4.98 Å². The van der Waals surface area contributed by atoms with Gasteiger partial charge >= 0.3 is 0 Å². The lowest BCUT2D eigenvalue weighted by Crippen LogP contribution is -2.28. The zero-order chi connectivity index (χ0) is 17.3. The number of aryl methyl sites for hydroxylation is 1. The van der Waals surface area contributed by atoms with Gasteiger partial charge in [-0.3, -0.25) is 9.59 Å². The van der Waals surface area contributed by atoms with Gasteiger partial charge in [0.2, 0.25) is 11.8 Å². The maximum absolute atomic E-state index is 12.4. The van der Waals surface area contributed by atoms with Gasteiger partial charge in [0, 0.05) is 24.8 Å². The first-order chi connectivity index (χ1) is 11.5. The topological polar surface area (TPSA) is 62.3 Å². The van der Waals surface area contributed by atoms with E-state index in [1.54, 1.807) is 17.0 Å². The molecule has 1 aromatic carbocycles. The molecule has 0 unspecified atom stereocenters. The molecule has 0 bridgehead atoms. The third-order valence-electron chi connectivity index (χ3n) is 4.34. The Bertz CT molecular complexity index is 789. The molecule has 5 nitrogen and oxygen atoms in total. The van der Waals surface area contributed by atoms with Gasteiger partial charge in [-0.15, -0.1) is 0 Å². The number of halogens is 1. The first kappa shape index (κ1) is 16.5. The number of hydrogen-bond donors (Lipinski definition) is 1. The molecule has 6 heteroatoms. The Morgan fingerprint density at radius 1 is 1.29 bits per heavy atom. The number of hydrogen-bond acceptors (Lipinski definition) is 3. The van der Waals surface area contributed by atoms with Crippen LogP contribution in [0.25, 0.3) is 0 Å². The number of pyridine rings is 1. The lowest BCUT2D eigenvalue weighted by atomic mass is 10.1. The van der Waals surface area contributed by atoms with Crippen molar-refractivity contribution in [2.24, 2.45) is 5.92 Å².